The first-order valence-corrected chi connectivity index (χ1v) is 7.70. The molecule has 1 fully saturated rings. The smallest absolute Gasteiger partial charge is 0.335 e. The molecule has 0 bridgehead atoms. The lowest BCUT2D eigenvalue weighted by Crippen LogP contribution is -2.28. The molecular formula is C13H17NO4S. The highest BCUT2D eigenvalue weighted by Gasteiger charge is 2.39. The molecule has 0 radical (unpaired) electrons. The van der Waals surface area contributed by atoms with Crippen molar-refractivity contribution < 1.29 is 18.3 Å². The second-order valence-corrected chi connectivity index (χ2v) is 6.55. The maximum atomic E-state index is 12.2. The van der Waals surface area contributed by atoms with Crippen molar-refractivity contribution >= 4 is 16.0 Å². The molecule has 0 heterocycles. The van der Waals surface area contributed by atoms with Gasteiger partial charge in [-0.05, 0) is 37.0 Å². The standard InChI is InChI=1S/C13H17NO4S/c1-3-9-7-11(9)14-19(17,18)12-6-4-5-10(8(12)2)13(15)16/h4-6,9,11,14H,3,7H2,1-2H3,(H,15,16). The van der Waals surface area contributed by atoms with Crippen LogP contribution in [0.4, 0.5) is 0 Å². The second kappa shape index (κ2) is 4.94. The van der Waals surface area contributed by atoms with Crippen LogP contribution in [-0.2, 0) is 10.0 Å². The summed E-state index contributed by atoms with van der Waals surface area (Å²) >= 11 is 0. The molecule has 19 heavy (non-hydrogen) atoms. The molecule has 0 spiro atoms. The summed E-state index contributed by atoms with van der Waals surface area (Å²) in [5.41, 5.74) is 0.293. The van der Waals surface area contributed by atoms with Crippen molar-refractivity contribution in [2.75, 3.05) is 0 Å². The first-order valence-electron chi connectivity index (χ1n) is 6.22. The van der Waals surface area contributed by atoms with Crippen LogP contribution in [0.2, 0.25) is 0 Å². The molecule has 1 aromatic carbocycles. The minimum Gasteiger partial charge on any atom is -0.478 e. The predicted molar refractivity (Wildman–Crippen MR) is 70.6 cm³/mol. The van der Waals surface area contributed by atoms with Gasteiger partial charge in [-0.2, -0.15) is 0 Å². The lowest BCUT2D eigenvalue weighted by molar-refractivity contribution is 0.0696. The third kappa shape index (κ3) is 2.79. The Morgan fingerprint density at radius 3 is 2.68 bits per heavy atom. The van der Waals surface area contributed by atoms with Crippen LogP contribution in [0.1, 0.15) is 35.7 Å². The summed E-state index contributed by atoms with van der Waals surface area (Å²) in [4.78, 5) is 11.1. The Morgan fingerprint density at radius 2 is 2.16 bits per heavy atom. The summed E-state index contributed by atoms with van der Waals surface area (Å²) in [6.07, 6.45) is 1.80. The number of carbonyl (C=O) groups is 1. The van der Waals surface area contributed by atoms with Crippen LogP contribution in [0.15, 0.2) is 23.1 Å². The Balaban J connectivity index is 2.31. The molecule has 0 aromatic heterocycles. The monoisotopic (exact) mass is 283 g/mol. The number of hydrogen-bond acceptors (Lipinski definition) is 3. The Morgan fingerprint density at radius 1 is 1.47 bits per heavy atom. The molecule has 6 heteroatoms. The largest absolute Gasteiger partial charge is 0.478 e. The molecule has 1 aliphatic rings. The third-order valence-electron chi connectivity index (χ3n) is 3.56. The zero-order valence-corrected chi connectivity index (χ0v) is 11.7. The molecule has 1 aliphatic carbocycles. The van der Waals surface area contributed by atoms with Crippen molar-refractivity contribution in [3.05, 3.63) is 29.3 Å². The Kier molecular flexibility index (Phi) is 3.64. The van der Waals surface area contributed by atoms with Gasteiger partial charge in [-0.15, -0.1) is 0 Å². The van der Waals surface area contributed by atoms with E-state index < -0.39 is 16.0 Å². The van der Waals surface area contributed by atoms with Gasteiger partial charge in [0.25, 0.3) is 0 Å². The second-order valence-electron chi connectivity index (χ2n) is 4.87. The molecule has 1 saturated carbocycles. The van der Waals surface area contributed by atoms with Gasteiger partial charge in [-0.25, -0.2) is 17.9 Å². The van der Waals surface area contributed by atoms with Crippen molar-refractivity contribution in [3.63, 3.8) is 0 Å². The summed E-state index contributed by atoms with van der Waals surface area (Å²) < 4.78 is 27.1. The average Bonchev–Trinajstić information content (AvgIpc) is 3.06. The van der Waals surface area contributed by atoms with Crippen LogP contribution in [0.3, 0.4) is 0 Å². The maximum absolute atomic E-state index is 12.2. The molecule has 2 atom stereocenters. The number of sulfonamides is 1. The SMILES string of the molecule is CCC1CC1NS(=O)(=O)c1cccc(C(=O)O)c1C. The molecule has 2 unspecified atom stereocenters. The summed E-state index contributed by atoms with van der Waals surface area (Å²) in [6.45, 7) is 3.54. The number of hydrogen-bond donors (Lipinski definition) is 2. The van der Waals surface area contributed by atoms with Crippen molar-refractivity contribution in [2.24, 2.45) is 5.92 Å². The molecular weight excluding hydrogens is 266 g/mol. The summed E-state index contributed by atoms with van der Waals surface area (Å²) in [6, 6.07) is 4.29. The third-order valence-corrected chi connectivity index (χ3v) is 5.19. The van der Waals surface area contributed by atoms with E-state index in [0.29, 0.717) is 5.92 Å². The highest BCUT2D eigenvalue weighted by atomic mass is 32.2. The molecule has 5 nitrogen and oxygen atoms in total. The molecule has 2 N–H and O–H groups in total. The highest BCUT2D eigenvalue weighted by Crippen LogP contribution is 2.34. The fraction of sp³-hybridized carbons (Fsp3) is 0.462. The van der Waals surface area contributed by atoms with Crippen molar-refractivity contribution in [3.8, 4) is 0 Å². The maximum Gasteiger partial charge on any atom is 0.335 e. The minimum absolute atomic E-state index is 0.0112. The van der Waals surface area contributed by atoms with Gasteiger partial charge in [0.1, 0.15) is 0 Å². The first-order chi connectivity index (χ1) is 8.86. The Bertz CT molecular complexity index is 609. The zero-order chi connectivity index (χ0) is 14.2. The van der Waals surface area contributed by atoms with Crippen molar-refractivity contribution in [2.45, 2.75) is 37.6 Å². The van der Waals surface area contributed by atoms with Gasteiger partial charge in [0, 0.05) is 6.04 Å². The van der Waals surface area contributed by atoms with Gasteiger partial charge in [0.05, 0.1) is 10.5 Å². The molecule has 0 aliphatic heterocycles. The van der Waals surface area contributed by atoms with Crippen LogP contribution < -0.4 is 4.72 Å². The fourth-order valence-corrected chi connectivity index (χ4v) is 3.83. The summed E-state index contributed by atoms with van der Waals surface area (Å²) in [7, 11) is -3.64. The van der Waals surface area contributed by atoms with E-state index >= 15 is 0 Å². The number of aromatic carboxylic acids is 1. The van der Waals surface area contributed by atoms with E-state index in [1.165, 1.54) is 25.1 Å². The van der Waals surface area contributed by atoms with E-state index in [9.17, 15) is 13.2 Å². The van der Waals surface area contributed by atoms with Crippen LogP contribution in [-0.4, -0.2) is 25.5 Å². The van der Waals surface area contributed by atoms with Crippen LogP contribution >= 0.6 is 0 Å². The number of nitrogens with one attached hydrogen (secondary N) is 1. The van der Waals surface area contributed by atoms with Crippen molar-refractivity contribution in [1.29, 1.82) is 0 Å². The Labute approximate surface area is 112 Å². The van der Waals surface area contributed by atoms with Crippen LogP contribution in [0.25, 0.3) is 0 Å². The van der Waals surface area contributed by atoms with E-state index in [-0.39, 0.29) is 22.1 Å². The van der Waals surface area contributed by atoms with Crippen LogP contribution in [0, 0.1) is 12.8 Å². The van der Waals surface area contributed by atoms with Gasteiger partial charge in [0.2, 0.25) is 10.0 Å². The highest BCUT2D eigenvalue weighted by molar-refractivity contribution is 7.89. The number of carboxylic acids is 1. The van der Waals surface area contributed by atoms with E-state index in [1.54, 1.807) is 0 Å². The minimum atomic E-state index is -3.64. The van der Waals surface area contributed by atoms with Gasteiger partial charge < -0.3 is 5.11 Å². The van der Waals surface area contributed by atoms with Gasteiger partial charge in [0.15, 0.2) is 0 Å². The van der Waals surface area contributed by atoms with Gasteiger partial charge in [-0.3, -0.25) is 0 Å². The quantitative estimate of drug-likeness (QED) is 0.862. The van der Waals surface area contributed by atoms with Gasteiger partial charge >= 0.3 is 5.97 Å². The van der Waals surface area contributed by atoms with E-state index in [0.717, 1.165) is 12.8 Å². The first kappa shape index (κ1) is 14.0. The van der Waals surface area contributed by atoms with E-state index in [1.807, 2.05) is 6.92 Å². The summed E-state index contributed by atoms with van der Waals surface area (Å²) in [5, 5.41) is 9.01. The summed E-state index contributed by atoms with van der Waals surface area (Å²) in [5.74, 6) is -0.717. The fourth-order valence-electron chi connectivity index (χ4n) is 2.24. The van der Waals surface area contributed by atoms with Crippen molar-refractivity contribution in [1.82, 2.24) is 4.72 Å². The Hall–Kier alpha value is -1.40. The predicted octanol–water partition coefficient (Wildman–Crippen LogP) is 1.77. The molecule has 104 valence electrons. The zero-order valence-electron chi connectivity index (χ0n) is 10.9. The van der Waals surface area contributed by atoms with E-state index in [2.05, 4.69) is 4.72 Å². The average molecular weight is 283 g/mol. The lowest BCUT2D eigenvalue weighted by Gasteiger charge is -2.10. The number of rotatable bonds is 5. The number of carboxylic acid groups (broad SMARTS) is 1. The lowest BCUT2D eigenvalue weighted by atomic mass is 10.1. The molecule has 0 amide bonds. The molecule has 1 aromatic rings. The number of benzene rings is 1. The van der Waals surface area contributed by atoms with E-state index in [4.69, 9.17) is 5.11 Å². The molecule has 2 rings (SSSR count). The topological polar surface area (TPSA) is 83.5 Å². The van der Waals surface area contributed by atoms with Crippen LogP contribution in [0.5, 0.6) is 0 Å². The molecule has 0 saturated heterocycles. The normalized spacial score (nSPS) is 22.2. The van der Waals surface area contributed by atoms with Gasteiger partial charge in [-0.1, -0.05) is 19.4 Å².